The predicted octanol–water partition coefficient (Wildman–Crippen LogP) is 2.00. The van der Waals surface area contributed by atoms with Gasteiger partial charge in [-0.3, -0.25) is 0 Å². The highest BCUT2D eigenvalue weighted by Crippen LogP contribution is 2.25. The van der Waals surface area contributed by atoms with E-state index in [2.05, 4.69) is 15.9 Å². The minimum absolute atomic E-state index is 0.0278. The maximum atomic E-state index is 13.4. The lowest BCUT2D eigenvalue weighted by molar-refractivity contribution is 0.115. The summed E-state index contributed by atoms with van der Waals surface area (Å²) < 4.78 is 44.6. The number of halogens is 2. The van der Waals surface area contributed by atoms with Crippen molar-refractivity contribution in [3.05, 3.63) is 28.5 Å². The topological polar surface area (TPSA) is 46.6 Å². The summed E-state index contributed by atoms with van der Waals surface area (Å²) in [5.41, 5.74) is 0. The van der Waals surface area contributed by atoms with Gasteiger partial charge in [-0.05, 0) is 40.5 Å². The molecule has 0 spiro atoms. The smallest absolute Gasteiger partial charge is 0.243 e. The third-order valence-corrected chi connectivity index (χ3v) is 5.47. The molecule has 2 rings (SSSR count). The quantitative estimate of drug-likeness (QED) is 0.847. The summed E-state index contributed by atoms with van der Waals surface area (Å²) in [6, 6.07) is 3.81. The maximum Gasteiger partial charge on any atom is 0.243 e. The molecule has 1 atom stereocenters. The zero-order chi connectivity index (χ0) is 13.3. The van der Waals surface area contributed by atoms with Gasteiger partial charge in [0.15, 0.2) is 0 Å². The van der Waals surface area contributed by atoms with Gasteiger partial charge in [0, 0.05) is 20.2 Å². The number of benzene rings is 1. The van der Waals surface area contributed by atoms with E-state index in [1.165, 1.54) is 16.4 Å². The van der Waals surface area contributed by atoms with Gasteiger partial charge in [0.25, 0.3) is 0 Å². The van der Waals surface area contributed by atoms with Crippen LogP contribution in [0.4, 0.5) is 4.39 Å². The van der Waals surface area contributed by atoms with E-state index < -0.39 is 15.8 Å². The Morgan fingerprint density at radius 2 is 2.22 bits per heavy atom. The molecule has 7 heteroatoms. The number of hydrogen-bond donors (Lipinski definition) is 0. The van der Waals surface area contributed by atoms with Gasteiger partial charge in [0.05, 0.1) is 15.5 Å². The Balaban J connectivity index is 2.28. The molecule has 4 nitrogen and oxygen atoms in total. The van der Waals surface area contributed by atoms with Crippen molar-refractivity contribution in [1.29, 1.82) is 0 Å². The molecule has 18 heavy (non-hydrogen) atoms. The molecule has 0 N–H and O–H groups in total. The molecular formula is C11H13BrFNO3S. The molecule has 0 radical (unpaired) electrons. The van der Waals surface area contributed by atoms with E-state index in [9.17, 15) is 12.8 Å². The molecule has 1 heterocycles. The van der Waals surface area contributed by atoms with Crippen LogP contribution in [0.2, 0.25) is 0 Å². The molecule has 1 aliphatic heterocycles. The number of hydrogen-bond acceptors (Lipinski definition) is 3. The van der Waals surface area contributed by atoms with Gasteiger partial charge in [0.2, 0.25) is 10.0 Å². The van der Waals surface area contributed by atoms with Crippen molar-refractivity contribution in [3.63, 3.8) is 0 Å². The Bertz CT molecular complexity index is 549. The fourth-order valence-corrected chi connectivity index (χ4v) is 3.64. The van der Waals surface area contributed by atoms with E-state index >= 15 is 0 Å². The van der Waals surface area contributed by atoms with Crippen LogP contribution in [0.5, 0.6) is 0 Å². The average Bonchev–Trinajstić information content (AvgIpc) is 2.81. The van der Waals surface area contributed by atoms with Crippen LogP contribution in [0.1, 0.15) is 6.42 Å². The molecule has 1 aromatic carbocycles. The summed E-state index contributed by atoms with van der Waals surface area (Å²) in [7, 11) is -2.07. The van der Waals surface area contributed by atoms with Crippen LogP contribution in [-0.2, 0) is 14.8 Å². The van der Waals surface area contributed by atoms with E-state index in [0.29, 0.717) is 19.5 Å². The lowest BCUT2D eigenvalue weighted by Gasteiger charge is -2.16. The van der Waals surface area contributed by atoms with Gasteiger partial charge >= 0.3 is 0 Å². The summed E-state index contributed by atoms with van der Waals surface area (Å²) in [4.78, 5) is -0.0278. The highest BCUT2D eigenvalue weighted by atomic mass is 79.9. The molecule has 1 aliphatic rings. The van der Waals surface area contributed by atoms with E-state index in [0.717, 1.165) is 6.07 Å². The number of rotatable bonds is 3. The number of nitrogens with zero attached hydrogens (tertiary/aromatic N) is 1. The van der Waals surface area contributed by atoms with Gasteiger partial charge in [-0.15, -0.1) is 0 Å². The highest BCUT2D eigenvalue weighted by molar-refractivity contribution is 9.10. The van der Waals surface area contributed by atoms with Gasteiger partial charge in [-0.25, -0.2) is 12.8 Å². The lowest BCUT2D eigenvalue weighted by Crippen LogP contribution is -2.30. The summed E-state index contributed by atoms with van der Waals surface area (Å²) >= 11 is 3.00. The zero-order valence-corrected chi connectivity index (χ0v) is 12.2. The Kier molecular flexibility index (Phi) is 4.05. The lowest BCUT2D eigenvalue weighted by atomic mass is 10.3. The normalized spacial score (nSPS) is 21.4. The molecule has 0 bridgehead atoms. The number of methoxy groups -OCH3 is 1. The fraction of sp³-hybridized carbons (Fsp3) is 0.455. The first-order chi connectivity index (χ1) is 8.45. The third kappa shape index (κ3) is 2.59. The second-order valence-corrected chi connectivity index (χ2v) is 6.88. The van der Waals surface area contributed by atoms with Crippen molar-refractivity contribution in [2.75, 3.05) is 20.2 Å². The monoisotopic (exact) mass is 337 g/mol. The second-order valence-electron chi connectivity index (χ2n) is 4.09. The first-order valence-corrected chi connectivity index (χ1v) is 7.66. The van der Waals surface area contributed by atoms with E-state index in [1.807, 2.05) is 0 Å². The number of sulfonamides is 1. The van der Waals surface area contributed by atoms with Crippen molar-refractivity contribution in [2.45, 2.75) is 17.4 Å². The average molecular weight is 338 g/mol. The predicted molar refractivity (Wildman–Crippen MR) is 68.3 cm³/mol. The first-order valence-electron chi connectivity index (χ1n) is 5.43. The molecule has 1 saturated heterocycles. The van der Waals surface area contributed by atoms with Gasteiger partial charge in [0.1, 0.15) is 5.82 Å². The van der Waals surface area contributed by atoms with Crippen LogP contribution >= 0.6 is 15.9 Å². The minimum atomic E-state index is -3.63. The fourth-order valence-electron chi connectivity index (χ4n) is 1.89. The second kappa shape index (κ2) is 5.24. The van der Waals surface area contributed by atoms with Crippen molar-refractivity contribution < 1.29 is 17.5 Å². The van der Waals surface area contributed by atoms with Crippen molar-refractivity contribution in [2.24, 2.45) is 0 Å². The Morgan fingerprint density at radius 3 is 2.78 bits per heavy atom. The van der Waals surface area contributed by atoms with Crippen LogP contribution in [0.3, 0.4) is 0 Å². The molecule has 0 aliphatic carbocycles. The first kappa shape index (κ1) is 13.9. The van der Waals surface area contributed by atoms with Gasteiger partial charge in [-0.1, -0.05) is 0 Å². The highest BCUT2D eigenvalue weighted by Gasteiger charge is 2.32. The Hall–Kier alpha value is -0.500. The van der Waals surface area contributed by atoms with E-state index in [4.69, 9.17) is 4.74 Å². The molecule has 1 aromatic rings. The van der Waals surface area contributed by atoms with Crippen molar-refractivity contribution in [3.8, 4) is 0 Å². The van der Waals surface area contributed by atoms with Crippen LogP contribution in [0.15, 0.2) is 27.6 Å². The molecular weight excluding hydrogens is 325 g/mol. The maximum absolute atomic E-state index is 13.4. The third-order valence-electron chi connectivity index (χ3n) is 2.97. The van der Waals surface area contributed by atoms with Gasteiger partial charge < -0.3 is 4.74 Å². The molecule has 1 fully saturated rings. The van der Waals surface area contributed by atoms with Crippen LogP contribution in [0.25, 0.3) is 0 Å². The molecule has 0 amide bonds. The molecule has 100 valence electrons. The van der Waals surface area contributed by atoms with Crippen LogP contribution in [-0.4, -0.2) is 39.0 Å². The van der Waals surface area contributed by atoms with E-state index in [1.54, 1.807) is 7.11 Å². The summed E-state index contributed by atoms with van der Waals surface area (Å²) in [6.07, 6.45) is 0.578. The van der Waals surface area contributed by atoms with Crippen LogP contribution < -0.4 is 0 Å². The summed E-state index contributed by atoms with van der Waals surface area (Å²) in [6.45, 7) is 0.717. The Morgan fingerprint density at radius 1 is 1.50 bits per heavy atom. The molecule has 0 aromatic heterocycles. The summed E-state index contributed by atoms with van der Waals surface area (Å²) in [5, 5.41) is 0. The van der Waals surface area contributed by atoms with Crippen LogP contribution in [0, 0.1) is 5.82 Å². The van der Waals surface area contributed by atoms with Crippen molar-refractivity contribution in [1.82, 2.24) is 4.31 Å². The zero-order valence-electron chi connectivity index (χ0n) is 9.77. The standard InChI is InChI=1S/C11H13BrFNO3S/c1-17-8-4-5-14(7-8)18(15,16)9-2-3-10(12)11(13)6-9/h2-3,6,8H,4-5,7H2,1H3. The minimum Gasteiger partial charge on any atom is -0.380 e. The Labute approximate surface area is 114 Å². The van der Waals surface area contributed by atoms with E-state index in [-0.39, 0.29) is 15.5 Å². The SMILES string of the molecule is COC1CCN(S(=O)(=O)c2ccc(Br)c(F)c2)C1. The number of ether oxygens (including phenoxy) is 1. The molecule has 0 saturated carbocycles. The van der Waals surface area contributed by atoms with Gasteiger partial charge in [-0.2, -0.15) is 4.31 Å². The largest absolute Gasteiger partial charge is 0.380 e. The molecule has 1 unspecified atom stereocenters. The summed E-state index contributed by atoms with van der Waals surface area (Å²) in [5.74, 6) is -0.585. The van der Waals surface area contributed by atoms with Crippen molar-refractivity contribution >= 4 is 26.0 Å².